The lowest BCUT2D eigenvalue weighted by atomic mass is 10.2. The molecule has 0 unspecified atom stereocenters. The third kappa shape index (κ3) is 3.88. The molecule has 104 valence electrons. The van der Waals surface area contributed by atoms with Gasteiger partial charge in [0, 0.05) is 13.1 Å². The van der Waals surface area contributed by atoms with Crippen LogP contribution < -0.4 is 0 Å². The highest BCUT2D eigenvalue weighted by Crippen LogP contribution is 2.38. The minimum atomic E-state index is -1.79. The van der Waals surface area contributed by atoms with Crippen LogP contribution in [-0.2, 0) is 9.16 Å². The van der Waals surface area contributed by atoms with E-state index in [9.17, 15) is 0 Å². The van der Waals surface area contributed by atoms with Gasteiger partial charge in [0.15, 0.2) is 5.88 Å². The van der Waals surface area contributed by atoms with E-state index in [1.54, 1.807) is 6.08 Å². The van der Waals surface area contributed by atoms with Crippen LogP contribution in [0.15, 0.2) is 24.6 Å². The Bertz CT molecular complexity index is 312. The molecule has 0 aromatic carbocycles. The van der Waals surface area contributed by atoms with Crippen LogP contribution in [0.5, 0.6) is 0 Å². The first kappa shape index (κ1) is 15.3. The van der Waals surface area contributed by atoms with Gasteiger partial charge in [-0.15, -0.1) is 0 Å². The van der Waals surface area contributed by atoms with Gasteiger partial charge in [-0.3, -0.25) is 0 Å². The molecular formula is C14H27NO2Si. The second-order valence-corrected chi connectivity index (χ2v) is 10.9. The zero-order valence-electron chi connectivity index (χ0n) is 12.5. The van der Waals surface area contributed by atoms with Gasteiger partial charge in [0.1, 0.15) is 0 Å². The second-order valence-electron chi connectivity index (χ2n) is 6.20. The normalized spacial score (nSPS) is 18.7. The number of allylic oxidation sites excluding steroid dienone is 2. The average Bonchev–Trinajstić information content (AvgIpc) is 2.28. The standard InChI is InChI=1S/C14H27NO2Si/c1-7-8-13(15-9-11-16-12-10-15)17-18(5,6)14(2,3)4/h7-8H,1,9-12H2,2-6H3/b13-8-. The van der Waals surface area contributed by atoms with Crippen molar-refractivity contribution in [2.45, 2.75) is 38.9 Å². The Kier molecular flexibility index (Phi) is 5.05. The lowest BCUT2D eigenvalue weighted by Gasteiger charge is -2.41. The van der Waals surface area contributed by atoms with E-state index in [-0.39, 0.29) is 5.04 Å². The fourth-order valence-electron chi connectivity index (χ4n) is 1.50. The molecule has 1 rings (SSSR count). The molecule has 0 amide bonds. The van der Waals surface area contributed by atoms with E-state index in [0.717, 1.165) is 32.2 Å². The summed E-state index contributed by atoms with van der Waals surface area (Å²) in [4.78, 5) is 2.26. The van der Waals surface area contributed by atoms with Crippen LogP contribution in [0.25, 0.3) is 0 Å². The largest absolute Gasteiger partial charge is 0.532 e. The maximum atomic E-state index is 6.38. The summed E-state index contributed by atoms with van der Waals surface area (Å²) < 4.78 is 11.8. The Balaban J connectivity index is 2.80. The topological polar surface area (TPSA) is 21.7 Å². The molecule has 18 heavy (non-hydrogen) atoms. The fourth-order valence-corrected chi connectivity index (χ4v) is 2.53. The fraction of sp³-hybridized carbons (Fsp3) is 0.714. The molecule has 3 nitrogen and oxygen atoms in total. The van der Waals surface area contributed by atoms with Crippen molar-refractivity contribution in [1.29, 1.82) is 0 Å². The summed E-state index contributed by atoms with van der Waals surface area (Å²) in [5.41, 5.74) is 0. The Labute approximate surface area is 113 Å². The van der Waals surface area contributed by atoms with Crippen LogP contribution >= 0.6 is 0 Å². The van der Waals surface area contributed by atoms with Gasteiger partial charge in [0.2, 0.25) is 0 Å². The van der Waals surface area contributed by atoms with Crippen LogP contribution in [-0.4, -0.2) is 39.5 Å². The van der Waals surface area contributed by atoms with Crippen molar-refractivity contribution in [3.05, 3.63) is 24.6 Å². The maximum Gasteiger partial charge on any atom is 0.252 e. The van der Waals surface area contributed by atoms with Gasteiger partial charge in [-0.1, -0.05) is 33.4 Å². The maximum absolute atomic E-state index is 6.38. The van der Waals surface area contributed by atoms with Crippen LogP contribution in [0.3, 0.4) is 0 Å². The molecule has 4 heteroatoms. The second kappa shape index (κ2) is 5.93. The summed E-state index contributed by atoms with van der Waals surface area (Å²) in [5.74, 6) is 0.958. The predicted octanol–water partition coefficient (Wildman–Crippen LogP) is 3.37. The van der Waals surface area contributed by atoms with Gasteiger partial charge in [-0.25, -0.2) is 0 Å². The van der Waals surface area contributed by atoms with Gasteiger partial charge >= 0.3 is 0 Å². The van der Waals surface area contributed by atoms with Gasteiger partial charge in [-0.2, -0.15) is 0 Å². The first-order chi connectivity index (χ1) is 8.28. The highest BCUT2D eigenvalue weighted by atomic mass is 28.4. The Morgan fingerprint density at radius 1 is 1.28 bits per heavy atom. The molecule has 0 N–H and O–H groups in total. The molecule has 0 aromatic heterocycles. The van der Waals surface area contributed by atoms with Crippen molar-refractivity contribution in [1.82, 2.24) is 4.90 Å². The van der Waals surface area contributed by atoms with Crippen molar-refractivity contribution in [3.63, 3.8) is 0 Å². The summed E-state index contributed by atoms with van der Waals surface area (Å²) in [6, 6.07) is 0. The lowest BCUT2D eigenvalue weighted by molar-refractivity contribution is 0.0332. The van der Waals surface area contributed by atoms with Crippen LogP contribution in [0.2, 0.25) is 18.1 Å². The van der Waals surface area contributed by atoms with E-state index < -0.39 is 8.32 Å². The van der Waals surface area contributed by atoms with Gasteiger partial charge < -0.3 is 14.1 Å². The Morgan fingerprint density at radius 2 is 1.83 bits per heavy atom. The van der Waals surface area contributed by atoms with Crippen LogP contribution in [0.4, 0.5) is 0 Å². The van der Waals surface area contributed by atoms with Gasteiger partial charge in [0.05, 0.1) is 13.2 Å². The first-order valence-electron chi connectivity index (χ1n) is 6.62. The van der Waals surface area contributed by atoms with E-state index in [0.29, 0.717) is 0 Å². The Hall–Kier alpha value is -0.743. The number of rotatable bonds is 4. The highest BCUT2D eigenvalue weighted by Gasteiger charge is 2.40. The van der Waals surface area contributed by atoms with E-state index in [4.69, 9.17) is 9.16 Å². The van der Waals surface area contributed by atoms with E-state index in [1.807, 2.05) is 6.08 Å². The third-order valence-corrected chi connectivity index (χ3v) is 8.08. The average molecular weight is 269 g/mol. The number of morpholine rings is 1. The van der Waals surface area contributed by atoms with Crippen molar-refractivity contribution in [2.24, 2.45) is 0 Å². The van der Waals surface area contributed by atoms with Crippen molar-refractivity contribution in [3.8, 4) is 0 Å². The summed E-state index contributed by atoms with van der Waals surface area (Å²) in [6.45, 7) is 18.4. The molecule has 0 aliphatic carbocycles. The molecule has 0 bridgehead atoms. The molecule has 0 saturated carbocycles. The molecular weight excluding hydrogens is 242 g/mol. The van der Waals surface area contributed by atoms with Crippen molar-refractivity contribution < 1.29 is 9.16 Å². The van der Waals surface area contributed by atoms with Crippen LogP contribution in [0, 0.1) is 0 Å². The van der Waals surface area contributed by atoms with Crippen molar-refractivity contribution in [2.75, 3.05) is 26.3 Å². The van der Waals surface area contributed by atoms with Gasteiger partial charge in [0.25, 0.3) is 8.32 Å². The molecule has 1 aliphatic rings. The molecule has 0 radical (unpaired) electrons. The molecule has 0 aromatic rings. The summed E-state index contributed by atoms with van der Waals surface area (Å²) in [6.07, 6.45) is 3.78. The number of hydrogen-bond acceptors (Lipinski definition) is 3. The van der Waals surface area contributed by atoms with Crippen molar-refractivity contribution >= 4 is 8.32 Å². The van der Waals surface area contributed by atoms with E-state index >= 15 is 0 Å². The first-order valence-corrected chi connectivity index (χ1v) is 9.53. The van der Waals surface area contributed by atoms with E-state index in [2.05, 4.69) is 45.3 Å². The summed E-state index contributed by atoms with van der Waals surface area (Å²) >= 11 is 0. The zero-order chi connectivity index (χ0) is 13.8. The smallest absolute Gasteiger partial charge is 0.252 e. The minimum Gasteiger partial charge on any atom is -0.532 e. The number of ether oxygens (including phenoxy) is 1. The summed E-state index contributed by atoms with van der Waals surface area (Å²) in [5, 5.41) is 0.208. The highest BCUT2D eigenvalue weighted by molar-refractivity contribution is 6.74. The molecule has 1 heterocycles. The SMILES string of the molecule is C=C/C=C(\O[Si](C)(C)C(C)(C)C)N1CCOCC1. The summed E-state index contributed by atoms with van der Waals surface area (Å²) in [7, 11) is -1.79. The predicted molar refractivity (Wildman–Crippen MR) is 79.0 cm³/mol. The lowest BCUT2D eigenvalue weighted by Crippen LogP contribution is -2.45. The monoisotopic (exact) mass is 269 g/mol. The number of hydrogen-bond donors (Lipinski definition) is 0. The molecule has 1 saturated heterocycles. The molecule has 0 atom stereocenters. The Morgan fingerprint density at radius 3 is 2.28 bits per heavy atom. The van der Waals surface area contributed by atoms with Crippen LogP contribution in [0.1, 0.15) is 20.8 Å². The third-order valence-electron chi connectivity index (χ3n) is 3.75. The number of nitrogens with zero attached hydrogens (tertiary/aromatic N) is 1. The molecule has 1 fully saturated rings. The quantitative estimate of drug-likeness (QED) is 0.444. The minimum absolute atomic E-state index is 0.208. The zero-order valence-corrected chi connectivity index (χ0v) is 13.5. The molecule has 1 aliphatic heterocycles. The van der Waals surface area contributed by atoms with Gasteiger partial charge in [-0.05, 0) is 24.2 Å². The molecule has 0 spiro atoms. The van der Waals surface area contributed by atoms with E-state index in [1.165, 1.54) is 0 Å².